The largest absolute Gasteiger partial charge is 0.327 e. The SMILES string of the molecule is CC(C)(C)Sc1nc(=S)[nH]c(=O)[nH]1. The summed E-state index contributed by atoms with van der Waals surface area (Å²) in [6.45, 7) is 6.12. The van der Waals surface area contributed by atoms with E-state index >= 15 is 0 Å². The highest BCUT2D eigenvalue weighted by molar-refractivity contribution is 8.00. The molecule has 0 bridgehead atoms. The Kier molecular flexibility index (Phi) is 2.92. The topological polar surface area (TPSA) is 61.5 Å². The smallest absolute Gasteiger partial charge is 0.286 e. The van der Waals surface area contributed by atoms with Gasteiger partial charge in [-0.2, -0.15) is 4.98 Å². The second-order valence-electron chi connectivity index (χ2n) is 3.52. The van der Waals surface area contributed by atoms with Crippen LogP contribution < -0.4 is 5.69 Å². The van der Waals surface area contributed by atoms with Crippen LogP contribution in [0.2, 0.25) is 0 Å². The molecule has 0 aromatic carbocycles. The highest BCUT2D eigenvalue weighted by atomic mass is 32.2. The van der Waals surface area contributed by atoms with Gasteiger partial charge in [0, 0.05) is 4.75 Å². The van der Waals surface area contributed by atoms with E-state index in [4.69, 9.17) is 12.2 Å². The van der Waals surface area contributed by atoms with Crippen LogP contribution in [0, 0.1) is 4.77 Å². The summed E-state index contributed by atoms with van der Waals surface area (Å²) in [7, 11) is 0. The Balaban J connectivity index is 3.03. The number of hydrogen-bond donors (Lipinski definition) is 2. The number of hydrogen-bond acceptors (Lipinski definition) is 4. The fourth-order valence-electron chi connectivity index (χ4n) is 0.712. The number of rotatable bonds is 1. The van der Waals surface area contributed by atoms with E-state index in [1.165, 1.54) is 11.8 Å². The van der Waals surface area contributed by atoms with Gasteiger partial charge >= 0.3 is 5.69 Å². The molecule has 1 heterocycles. The molecular formula is C7H11N3OS2. The molecule has 0 radical (unpaired) electrons. The van der Waals surface area contributed by atoms with E-state index in [2.05, 4.69) is 15.0 Å². The van der Waals surface area contributed by atoms with Gasteiger partial charge < -0.3 is 0 Å². The first-order valence-corrected chi connectivity index (χ1v) is 4.99. The van der Waals surface area contributed by atoms with Crippen molar-refractivity contribution in [3.05, 3.63) is 15.3 Å². The summed E-state index contributed by atoms with van der Waals surface area (Å²) in [5, 5.41) is 0.557. The zero-order valence-corrected chi connectivity index (χ0v) is 9.30. The number of aromatic amines is 2. The van der Waals surface area contributed by atoms with Crippen LogP contribution in [0.25, 0.3) is 0 Å². The zero-order valence-electron chi connectivity index (χ0n) is 7.67. The van der Waals surface area contributed by atoms with E-state index in [-0.39, 0.29) is 15.2 Å². The van der Waals surface area contributed by atoms with E-state index in [0.29, 0.717) is 5.16 Å². The number of aromatic nitrogens is 3. The molecule has 0 aliphatic carbocycles. The quantitative estimate of drug-likeness (QED) is 0.555. The molecule has 2 N–H and O–H groups in total. The Bertz CT molecular complexity index is 373. The van der Waals surface area contributed by atoms with E-state index in [1.807, 2.05) is 20.8 Å². The van der Waals surface area contributed by atoms with Crippen molar-refractivity contribution in [3.63, 3.8) is 0 Å². The van der Waals surface area contributed by atoms with Gasteiger partial charge in [0.2, 0.25) is 4.77 Å². The van der Waals surface area contributed by atoms with Gasteiger partial charge in [-0.1, -0.05) is 32.5 Å². The molecule has 1 aromatic heterocycles. The zero-order chi connectivity index (χ0) is 10.1. The van der Waals surface area contributed by atoms with Crippen molar-refractivity contribution in [2.75, 3.05) is 0 Å². The summed E-state index contributed by atoms with van der Waals surface area (Å²) in [6, 6.07) is 0. The first-order chi connectivity index (χ1) is 5.87. The summed E-state index contributed by atoms with van der Waals surface area (Å²) in [5.74, 6) is 0. The molecule has 0 amide bonds. The lowest BCUT2D eigenvalue weighted by Crippen LogP contribution is -2.15. The van der Waals surface area contributed by atoms with Crippen LogP contribution in [-0.4, -0.2) is 19.7 Å². The molecule has 0 spiro atoms. The summed E-state index contributed by atoms with van der Waals surface area (Å²) < 4.78 is 0.231. The standard InChI is InChI=1S/C7H11N3OS2/c1-7(2,3)13-6-9-4(11)8-5(12)10-6/h1-3H3,(H2,8,9,10,11,12). The summed E-state index contributed by atoms with van der Waals surface area (Å²) in [6.07, 6.45) is 0. The molecular weight excluding hydrogens is 206 g/mol. The Labute approximate surface area is 85.2 Å². The number of nitrogens with one attached hydrogen (secondary N) is 2. The second kappa shape index (κ2) is 3.63. The summed E-state index contributed by atoms with van der Waals surface area (Å²) >= 11 is 6.25. The molecule has 0 unspecified atom stereocenters. The van der Waals surface area contributed by atoms with E-state index in [1.54, 1.807) is 0 Å². The van der Waals surface area contributed by atoms with Gasteiger partial charge in [0.25, 0.3) is 0 Å². The van der Waals surface area contributed by atoms with Crippen LogP contribution in [0.1, 0.15) is 20.8 Å². The minimum absolute atomic E-state index is 0.0130. The molecule has 0 atom stereocenters. The van der Waals surface area contributed by atoms with Crippen molar-refractivity contribution in [1.82, 2.24) is 15.0 Å². The average Bonchev–Trinajstić information content (AvgIpc) is 1.78. The van der Waals surface area contributed by atoms with E-state index < -0.39 is 0 Å². The molecule has 0 aliphatic heterocycles. The van der Waals surface area contributed by atoms with Crippen molar-refractivity contribution < 1.29 is 0 Å². The lowest BCUT2D eigenvalue weighted by molar-refractivity contribution is 0.778. The van der Waals surface area contributed by atoms with Gasteiger partial charge in [-0.3, -0.25) is 9.97 Å². The van der Waals surface area contributed by atoms with Crippen molar-refractivity contribution in [3.8, 4) is 0 Å². The third kappa shape index (κ3) is 3.73. The van der Waals surface area contributed by atoms with Crippen LogP contribution in [0.4, 0.5) is 0 Å². The molecule has 1 aromatic rings. The number of thioether (sulfide) groups is 1. The van der Waals surface area contributed by atoms with Crippen LogP contribution in [0.3, 0.4) is 0 Å². The Morgan fingerprint density at radius 1 is 1.38 bits per heavy atom. The van der Waals surface area contributed by atoms with Crippen molar-refractivity contribution in [2.45, 2.75) is 30.7 Å². The Morgan fingerprint density at radius 3 is 2.46 bits per heavy atom. The minimum atomic E-state index is -0.313. The molecule has 13 heavy (non-hydrogen) atoms. The third-order valence-corrected chi connectivity index (χ3v) is 2.24. The molecule has 4 nitrogen and oxygen atoms in total. The van der Waals surface area contributed by atoms with Crippen molar-refractivity contribution >= 4 is 24.0 Å². The van der Waals surface area contributed by atoms with E-state index in [0.717, 1.165) is 0 Å². The number of H-pyrrole nitrogens is 2. The summed E-state index contributed by atoms with van der Waals surface area (Å²) in [4.78, 5) is 19.9. The lowest BCUT2D eigenvalue weighted by Gasteiger charge is -2.15. The molecule has 0 aliphatic rings. The maximum Gasteiger partial charge on any atom is 0.327 e. The molecule has 0 fully saturated rings. The van der Waals surface area contributed by atoms with Crippen molar-refractivity contribution in [1.29, 1.82) is 0 Å². The van der Waals surface area contributed by atoms with Gasteiger partial charge in [0.05, 0.1) is 0 Å². The predicted molar refractivity (Wildman–Crippen MR) is 55.7 cm³/mol. The maximum atomic E-state index is 11.0. The molecule has 0 saturated carbocycles. The maximum absolute atomic E-state index is 11.0. The predicted octanol–water partition coefficient (Wildman–Crippen LogP) is 1.72. The third-order valence-electron chi connectivity index (χ3n) is 1.05. The van der Waals surface area contributed by atoms with Gasteiger partial charge in [-0.25, -0.2) is 4.79 Å². The minimum Gasteiger partial charge on any atom is -0.286 e. The Hall–Kier alpha value is -0.620. The number of nitrogens with zero attached hydrogens (tertiary/aromatic N) is 1. The second-order valence-corrected chi connectivity index (χ2v) is 5.72. The molecule has 0 saturated heterocycles. The van der Waals surface area contributed by atoms with Gasteiger partial charge in [0.15, 0.2) is 5.16 Å². The first-order valence-electron chi connectivity index (χ1n) is 3.76. The summed E-state index contributed by atoms with van der Waals surface area (Å²) in [5.41, 5.74) is -0.313. The average molecular weight is 217 g/mol. The van der Waals surface area contributed by atoms with Crippen LogP contribution >= 0.6 is 24.0 Å². The Morgan fingerprint density at radius 2 is 2.00 bits per heavy atom. The van der Waals surface area contributed by atoms with Gasteiger partial charge in [-0.05, 0) is 12.2 Å². The van der Waals surface area contributed by atoms with Crippen LogP contribution in [0.15, 0.2) is 9.95 Å². The fourth-order valence-corrected chi connectivity index (χ4v) is 1.81. The van der Waals surface area contributed by atoms with Crippen LogP contribution in [-0.2, 0) is 0 Å². The normalized spacial score (nSPS) is 11.6. The molecule has 72 valence electrons. The van der Waals surface area contributed by atoms with Gasteiger partial charge in [0.1, 0.15) is 0 Å². The first kappa shape index (κ1) is 10.5. The van der Waals surface area contributed by atoms with Gasteiger partial charge in [-0.15, -0.1) is 0 Å². The highest BCUT2D eigenvalue weighted by Crippen LogP contribution is 2.27. The molecule has 1 rings (SSSR count). The lowest BCUT2D eigenvalue weighted by atomic mass is 10.3. The van der Waals surface area contributed by atoms with Crippen LogP contribution in [0.5, 0.6) is 0 Å². The van der Waals surface area contributed by atoms with Crippen molar-refractivity contribution in [2.24, 2.45) is 0 Å². The highest BCUT2D eigenvalue weighted by Gasteiger charge is 2.13. The molecule has 6 heteroatoms. The van der Waals surface area contributed by atoms with E-state index in [9.17, 15) is 4.79 Å². The monoisotopic (exact) mass is 217 g/mol. The fraction of sp³-hybridized carbons (Fsp3) is 0.571.